The molecule has 0 atom stereocenters. The Labute approximate surface area is 138 Å². The van der Waals surface area contributed by atoms with Crippen molar-refractivity contribution in [2.45, 2.75) is 6.18 Å². The van der Waals surface area contributed by atoms with Crippen LogP contribution in [0, 0.1) is 0 Å². The van der Waals surface area contributed by atoms with Crippen LogP contribution in [-0.4, -0.2) is 22.0 Å². The number of carbonyl (C=O) groups is 1. The van der Waals surface area contributed by atoms with Crippen molar-refractivity contribution in [2.75, 3.05) is 0 Å². The fourth-order valence-corrected chi connectivity index (χ4v) is 2.09. The molecule has 0 aliphatic carbocycles. The minimum absolute atomic E-state index is 0.245. The van der Waals surface area contributed by atoms with Crippen LogP contribution in [0.5, 0.6) is 0 Å². The minimum Gasteiger partial charge on any atom is -0.313 e. The summed E-state index contributed by atoms with van der Waals surface area (Å²) in [5.41, 5.74) is -1.70. The Kier molecular flexibility index (Phi) is 4.96. The van der Waals surface area contributed by atoms with Gasteiger partial charge >= 0.3 is 12.1 Å². The van der Waals surface area contributed by atoms with Gasteiger partial charge in [-0.25, -0.2) is 4.79 Å². The van der Waals surface area contributed by atoms with Crippen molar-refractivity contribution < 1.29 is 22.8 Å². The molecule has 1 aromatic heterocycles. The highest BCUT2D eigenvalue weighted by atomic mass is 35.5. The van der Waals surface area contributed by atoms with E-state index in [1.807, 2.05) is 0 Å². The number of carbonyl (C=O) groups excluding carboxylic acids is 1. The van der Waals surface area contributed by atoms with Crippen molar-refractivity contribution in [3.05, 3.63) is 51.3 Å². The maximum absolute atomic E-state index is 12.7. The summed E-state index contributed by atoms with van der Waals surface area (Å²) < 4.78 is 39.1. The topological polar surface area (TPSA) is 56.5 Å². The number of aromatic nitrogens is 2. The summed E-state index contributed by atoms with van der Waals surface area (Å²) >= 11 is 11.6. The number of hydrogen-bond donors (Lipinski definition) is 0. The average molecular weight is 366 g/mol. The van der Waals surface area contributed by atoms with Gasteiger partial charge in [-0.15, -0.1) is 0 Å². The van der Waals surface area contributed by atoms with Crippen molar-refractivity contribution in [1.82, 2.24) is 9.78 Å². The lowest BCUT2D eigenvalue weighted by Gasteiger charge is -2.03. The summed E-state index contributed by atoms with van der Waals surface area (Å²) in [5.74, 6) is -1.29. The van der Waals surface area contributed by atoms with Crippen molar-refractivity contribution >= 4 is 35.4 Å². The minimum atomic E-state index is -4.78. The van der Waals surface area contributed by atoms with Gasteiger partial charge in [-0.1, -0.05) is 34.4 Å². The van der Waals surface area contributed by atoms with Gasteiger partial charge in [0.2, 0.25) is 0 Å². The predicted molar refractivity (Wildman–Crippen MR) is 77.7 cm³/mol. The molecule has 0 fully saturated rings. The summed E-state index contributed by atoms with van der Waals surface area (Å²) in [5, 5.41) is 7.17. The van der Waals surface area contributed by atoms with E-state index in [-0.39, 0.29) is 5.02 Å². The maximum atomic E-state index is 12.7. The molecule has 0 aliphatic heterocycles. The van der Waals surface area contributed by atoms with Gasteiger partial charge in [-0.2, -0.15) is 18.3 Å². The normalized spacial score (nSPS) is 11.9. The van der Waals surface area contributed by atoms with Crippen LogP contribution in [0.2, 0.25) is 10.0 Å². The zero-order valence-corrected chi connectivity index (χ0v) is 12.9. The van der Waals surface area contributed by atoms with Crippen LogP contribution in [0.15, 0.2) is 29.6 Å². The molecule has 5 nitrogen and oxygen atoms in total. The molecule has 2 aromatic rings. The molecule has 0 spiro atoms. The zero-order chi connectivity index (χ0) is 17.2. The fraction of sp³-hybridized carbons (Fsp3) is 0.154. The fourth-order valence-electron chi connectivity index (χ4n) is 1.63. The zero-order valence-electron chi connectivity index (χ0n) is 11.4. The lowest BCUT2D eigenvalue weighted by Crippen LogP contribution is -2.13. The van der Waals surface area contributed by atoms with Crippen LogP contribution in [0.4, 0.5) is 13.2 Å². The van der Waals surface area contributed by atoms with E-state index in [0.717, 1.165) is 17.1 Å². The molecule has 2 rings (SSSR count). The third-order valence-electron chi connectivity index (χ3n) is 2.61. The number of nitrogens with zero attached hydrogens (tertiary/aromatic N) is 3. The molecule has 1 aromatic carbocycles. The van der Waals surface area contributed by atoms with E-state index in [0.29, 0.717) is 10.6 Å². The summed E-state index contributed by atoms with van der Waals surface area (Å²) in [7, 11) is 1.25. The smallest absolute Gasteiger partial charge is 0.313 e. The molecule has 122 valence electrons. The van der Waals surface area contributed by atoms with Gasteiger partial charge in [-0.05, 0) is 12.1 Å². The van der Waals surface area contributed by atoms with Crippen molar-refractivity contribution in [1.29, 1.82) is 0 Å². The lowest BCUT2D eigenvalue weighted by molar-refractivity contribution is -0.142. The number of rotatable bonds is 3. The second-order valence-electron chi connectivity index (χ2n) is 4.34. The number of alkyl halides is 3. The van der Waals surface area contributed by atoms with Crippen LogP contribution in [0.1, 0.15) is 21.6 Å². The highest BCUT2D eigenvalue weighted by molar-refractivity contribution is 6.36. The first-order valence-corrected chi connectivity index (χ1v) is 6.74. The average Bonchev–Trinajstić information content (AvgIpc) is 2.83. The molecular weight excluding hydrogens is 358 g/mol. The van der Waals surface area contributed by atoms with E-state index in [1.165, 1.54) is 25.2 Å². The van der Waals surface area contributed by atoms with Crippen LogP contribution in [0.3, 0.4) is 0 Å². The van der Waals surface area contributed by atoms with Crippen molar-refractivity contribution in [3.8, 4) is 0 Å². The quantitative estimate of drug-likeness (QED) is 0.470. The van der Waals surface area contributed by atoms with Crippen molar-refractivity contribution in [2.24, 2.45) is 12.2 Å². The molecular formula is C13H8Cl2F3N3O2. The van der Waals surface area contributed by atoms with Gasteiger partial charge < -0.3 is 4.84 Å². The Morgan fingerprint density at radius 1 is 1.39 bits per heavy atom. The number of aryl methyl sites for hydroxylation is 1. The first-order valence-electron chi connectivity index (χ1n) is 5.99. The Hall–Kier alpha value is -2.06. The third kappa shape index (κ3) is 4.23. The molecule has 0 saturated carbocycles. The molecule has 0 aliphatic rings. The molecule has 0 saturated heterocycles. The van der Waals surface area contributed by atoms with Gasteiger partial charge in [0.05, 0.1) is 11.2 Å². The first-order chi connectivity index (χ1) is 10.7. The summed E-state index contributed by atoms with van der Waals surface area (Å²) in [4.78, 5) is 16.2. The van der Waals surface area contributed by atoms with Crippen LogP contribution < -0.4 is 0 Å². The highest BCUT2D eigenvalue weighted by Gasteiger charge is 2.39. The van der Waals surface area contributed by atoms with Crippen LogP contribution >= 0.6 is 23.2 Å². The molecule has 0 N–H and O–H groups in total. The monoisotopic (exact) mass is 365 g/mol. The summed E-state index contributed by atoms with van der Waals surface area (Å²) in [6.45, 7) is 0. The highest BCUT2D eigenvalue weighted by Crippen LogP contribution is 2.30. The van der Waals surface area contributed by atoms with Gasteiger partial charge in [0.25, 0.3) is 0 Å². The van der Waals surface area contributed by atoms with Gasteiger partial charge in [-0.3, -0.25) is 4.68 Å². The second-order valence-corrected chi connectivity index (χ2v) is 5.19. The lowest BCUT2D eigenvalue weighted by atomic mass is 10.2. The van der Waals surface area contributed by atoms with Gasteiger partial charge in [0, 0.05) is 23.8 Å². The first kappa shape index (κ1) is 17.3. The number of oxime groups is 1. The van der Waals surface area contributed by atoms with E-state index in [9.17, 15) is 18.0 Å². The Morgan fingerprint density at radius 2 is 2.09 bits per heavy atom. The van der Waals surface area contributed by atoms with Crippen LogP contribution in [-0.2, 0) is 18.1 Å². The molecule has 23 heavy (non-hydrogen) atoms. The van der Waals surface area contributed by atoms with E-state index >= 15 is 0 Å². The van der Waals surface area contributed by atoms with Gasteiger partial charge in [0.1, 0.15) is 5.56 Å². The van der Waals surface area contributed by atoms with E-state index in [2.05, 4.69) is 15.1 Å². The predicted octanol–water partition coefficient (Wildman–Crippen LogP) is 3.94. The van der Waals surface area contributed by atoms with E-state index < -0.39 is 23.4 Å². The van der Waals surface area contributed by atoms with E-state index in [4.69, 9.17) is 23.2 Å². The third-order valence-corrected chi connectivity index (χ3v) is 3.17. The Bertz CT molecular complexity index is 772. The molecule has 10 heteroatoms. The molecule has 0 unspecified atom stereocenters. The molecule has 0 amide bonds. The number of hydrogen-bond acceptors (Lipinski definition) is 4. The summed E-state index contributed by atoms with van der Waals surface area (Å²) in [6.07, 6.45) is -2.80. The summed E-state index contributed by atoms with van der Waals surface area (Å²) in [6, 6.07) is 4.47. The van der Waals surface area contributed by atoms with E-state index in [1.54, 1.807) is 0 Å². The molecule has 0 bridgehead atoms. The molecule has 1 heterocycles. The number of benzene rings is 1. The second kappa shape index (κ2) is 6.59. The SMILES string of the molecule is Cn1cc(C(=O)O/N=C/c2ccc(Cl)cc2Cl)c(C(F)(F)F)n1. The Morgan fingerprint density at radius 3 is 2.70 bits per heavy atom. The van der Waals surface area contributed by atoms with Crippen LogP contribution in [0.25, 0.3) is 0 Å². The number of halogens is 5. The van der Waals surface area contributed by atoms with Gasteiger partial charge in [0.15, 0.2) is 5.69 Å². The molecule has 0 radical (unpaired) electrons. The largest absolute Gasteiger partial charge is 0.436 e. The van der Waals surface area contributed by atoms with Crippen molar-refractivity contribution in [3.63, 3.8) is 0 Å². The standard InChI is InChI=1S/C13H8Cl2F3N3O2/c1-21-6-9(11(20-21)13(16,17)18)12(22)23-19-5-7-2-3-8(14)4-10(7)15/h2-6H,1H3/b19-5+. The maximum Gasteiger partial charge on any atom is 0.436 e. The Balaban J connectivity index is 2.16.